The summed E-state index contributed by atoms with van der Waals surface area (Å²) in [5, 5.41) is 9.25. The van der Waals surface area contributed by atoms with E-state index in [0.717, 1.165) is 58.2 Å². The number of carboxylic acids is 1. The summed E-state index contributed by atoms with van der Waals surface area (Å²) < 4.78 is 0. The largest absolute Gasteiger partial charge is 0.480 e. The molecule has 2 saturated heterocycles. The van der Waals surface area contributed by atoms with Gasteiger partial charge in [0.05, 0.1) is 0 Å². The van der Waals surface area contributed by atoms with E-state index in [2.05, 4.69) is 11.8 Å². The Labute approximate surface area is 120 Å². The van der Waals surface area contributed by atoms with Gasteiger partial charge in [0.25, 0.3) is 0 Å². The van der Waals surface area contributed by atoms with E-state index >= 15 is 0 Å². The number of amides is 1. The fourth-order valence-electron chi connectivity index (χ4n) is 3.42. The molecular formula is C15H26N2O3. The highest BCUT2D eigenvalue weighted by atomic mass is 16.4. The van der Waals surface area contributed by atoms with Crippen LogP contribution < -0.4 is 0 Å². The standard InChI is InChI=1S/C15H26N2O3/c1-2-3-6-14(18)16-10-7-12(8-11-16)17-9-4-5-13(17)15(19)20/h12-13H,2-11H2,1H3,(H,19,20). The summed E-state index contributed by atoms with van der Waals surface area (Å²) in [6.45, 7) is 4.57. The van der Waals surface area contributed by atoms with Crippen molar-refractivity contribution < 1.29 is 14.7 Å². The van der Waals surface area contributed by atoms with Crippen molar-refractivity contribution in [2.24, 2.45) is 0 Å². The quantitative estimate of drug-likeness (QED) is 0.834. The topological polar surface area (TPSA) is 60.9 Å². The highest BCUT2D eigenvalue weighted by Gasteiger charge is 2.37. The molecule has 1 amide bonds. The number of aliphatic carboxylic acids is 1. The normalized spacial score (nSPS) is 25.1. The number of rotatable bonds is 5. The number of carbonyl (C=O) groups is 2. The molecule has 2 aliphatic rings. The van der Waals surface area contributed by atoms with Crippen molar-refractivity contribution in [3.63, 3.8) is 0 Å². The Morgan fingerprint density at radius 3 is 2.45 bits per heavy atom. The molecule has 0 aliphatic carbocycles. The number of hydrogen-bond donors (Lipinski definition) is 1. The lowest BCUT2D eigenvalue weighted by molar-refractivity contribution is -0.144. The van der Waals surface area contributed by atoms with Gasteiger partial charge in [-0.05, 0) is 38.6 Å². The van der Waals surface area contributed by atoms with Crippen molar-refractivity contribution >= 4 is 11.9 Å². The van der Waals surface area contributed by atoms with Crippen molar-refractivity contribution in [1.82, 2.24) is 9.80 Å². The minimum absolute atomic E-state index is 0.265. The Kier molecular flexibility index (Phi) is 5.40. The molecular weight excluding hydrogens is 256 g/mol. The van der Waals surface area contributed by atoms with Crippen LogP contribution in [0.25, 0.3) is 0 Å². The van der Waals surface area contributed by atoms with Crippen molar-refractivity contribution in [3.8, 4) is 0 Å². The minimum atomic E-state index is -0.691. The number of likely N-dealkylation sites (tertiary alicyclic amines) is 2. The lowest BCUT2D eigenvalue weighted by atomic mass is 10.0. The maximum absolute atomic E-state index is 12.0. The van der Waals surface area contributed by atoms with E-state index in [9.17, 15) is 14.7 Å². The van der Waals surface area contributed by atoms with Crippen molar-refractivity contribution in [2.45, 2.75) is 64.0 Å². The summed E-state index contributed by atoms with van der Waals surface area (Å²) in [7, 11) is 0. The second kappa shape index (κ2) is 7.07. The number of unbranched alkanes of at least 4 members (excludes halogenated alkanes) is 1. The van der Waals surface area contributed by atoms with Gasteiger partial charge in [0.1, 0.15) is 6.04 Å². The molecule has 20 heavy (non-hydrogen) atoms. The van der Waals surface area contributed by atoms with Gasteiger partial charge in [-0.1, -0.05) is 13.3 Å². The molecule has 5 heteroatoms. The summed E-state index contributed by atoms with van der Waals surface area (Å²) in [6.07, 6.45) is 6.26. The molecule has 0 aromatic rings. The Hall–Kier alpha value is -1.10. The van der Waals surface area contributed by atoms with E-state index in [0.29, 0.717) is 12.5 Å². The summed E-state index contributed by atoms with van der Waals surface area (Å²) in [4.78, 5) is 27.3. The maximum Gasteiger partial charge on any atom is 0.320 e. The molecule has 1 unspecified atom stereocenters. The van der Waals surface area contributed by atoms with E-state index < -0.39 is 5.97 Å². The molecule has 1 atom stereocenters. The molecule has 0 bridgehead atoms. The molecule has 0 saturated carbocycles. The van der Waals surface area contributed by atoms with Crippen LogP contribution in [0.4, 0.5) is 0 Å². The van der Waals surface area contributed by atoms with Gasteiger partial charge < -0.3 is 10.0 Å². The maximum atomic E-state index is 12.0. The lowest BCUT2D eigenvalue weighted by Gasteiger charge is -2.38. The smallest absolute Gasteiger partial charge is 0.320 e. The number of hydrogen-bond acceptors (Lipinski definition) is 3. The van der Waals surface area contributed by atoms with E-state index in [-0.39, 0.29) is 11.9 Å². The van der Waals surface area contributed by atoms with E-state index in [1.165, 1.54) is 0 Å². The van der Waals surface area contributed by atoms with Crippen LogP contribution in [0.3, 0.4) is 0 Å². The molecule has 0 aromatic carbocycles. The minimum Gasteiger partial charge on any atom is -0.480 e. The molecule has 2 rings (SSSR count). The lowest BCUT2D eigenvalue weighted by Crippen LogP contribution is -2.49. The first-order valence-electron chi connectivity index (χ1n) is 7.89. The third-order valence-electron chi connectivity index (χ3n) is 4.61. The van der Waals surface area contributed by atoms with E-state index in [4.69, 9.17) is 0 Å². The zero-order valence-electron chi connectivity index (χ0n) is 12.4. The molecule has 2 heterocycles. The van der Waals surface area contributed by atoms with Crippen LogP contribution in [0.2, 0.25) is 0 Å². The third-order valence-corrected chi connectivity index (χ3v) is 4.61. The molecule has 0 spiro atoms. The van der Waals surface area contributed by atoms with Gasteiger partial charge in [-0.2, -0.15) is 0 Å². The van der Waals surface area contributed by atoms with Gasteiger partial charge in [-0.15, -0.1) is 0 Å². The van der Waals surface area contributed by atoms with Crippen molar-refractivity contribution in [1.29, 1.82) is 0 Å². The number of piperidine rings is 1. The predicted octanol–water partition coefficient (Wildman–Crippen LogP) is 1.72. The monoisotopic (exact) mass is 282 g/mol. The first-order chi connectivity index (χ1) is 9.63. The first kappa shape index (κ1) is 15.3. The predicted molar refractivity (Wildman–Crippen MR) is 76.5 cm³/mol. The van der Waals surface area contributed by atoms with Gasteiger partial charge in [0.15, 0.2) is 0 Å². The molecule has 2 aliphatic heterocycles. The van der Waals surface area contributed by atoms with Gasteiger partial charge >= 0.3 is 5.97 Å². The highest BCUT2D eigenvalue weighted by Crippen LogP contribution is 2.26. The van der Waals surface area contributed by atoms with Crippen LogP contribution in [0.5, 0.6) is 0 Å². The van der Waals surface area contributed by atoms with Crippen LogP contribution >= 0.6 is 0 Å². The molecule has 0 aromatic heterocycles. The fourth-order valence-corrected chi connectivity index (χ4v) is 3.42. The van der Waals surface area contributed by atoms with Crippen molar-refractivity contribution in [3.05, 3.63) is 0 Å². The Bertz CT molecular complexity index is 351. The third kappa shape index (κ3) is 3.51. The summed E-state index contributed by atoms with van der Waals surface area (Å²) in [5.74, 6) is -0.426. The highest BCUT2D eigenvalue weighted by molar-refractivity contribution is 5.76. The molecule has 114 valence electrons. The Morgan fingerprint density at radius 2 is 1.85 bits per heavy atom. The zero-order chi connectivity index (χ0) is 14.5. The second-order valence-corrected chi connectivity index (χ2v) is 5.95. The first-order valence-corrected chi connectivity index (χ1v) is 7.89. The van der Waals surface area contributed by atoms with Gasteiger partial charge in [-0.3, -0.25) is 14.5 Å². The Balaban J connectivity index is 1.82. The van der Waals surface area contributed by atoms with Gasteiger partial charge in [0, 0.05) is 25.6 Å². The van der Waals surface area contributed by atoms with Crippen LogP contribution in [0.1, 0.15) is 51.9 Å². The SMILES string of the molecule is CCCCC(=O)N1CCC(N2CCCC2C(=O)O)CC1. The number of carbonyl (C=O) groups excluding carboxylic acids is 1. The summed E-state index contributed by atoms with van der Waals surface area (Å²) >= 11 is 0. The molecule has 1 N–H and O–H groups in total. The van der Waals surface area contributed by atoms with Gasteiger partial charge in [0.2, 0.25) is 5.91 Å². The Morgan fingerprint density at radius 1 is 1.15 bits per heavy atom. The summed E-state index contributed by atoms with van der Waals surface area (Å²) in [5.41, 5.74) is 0. The average Bonchev–Trinajstić information content (AvgIpc) is 2.94. The molecule has 0 radical (unpaired) electrons. The van der Waals surface area contributed by atoms with Crippen LogP contribution in [-0.4, -0.2) is 58.5 Å². The molecule has 5 nitrogen and oxygen atoms in total. The van der Waals surface area contributed by atoms with Crippen LogP contribution in [0.15, 0.2) is 0 Å². The zero-order valence-corrected chi connectivity index (χ0v) is 12.4. The average molecular weight is 282 g/mol. The number of carboxylic acid groups (broad SMARTS) is 1. The number of nitrogens with zero attached hydrogens (tertiary/aromatic N) is 2. The van der Waals surface area contributed by atoms with Crippen molar-refractivity contribution in [2.75, 3.05) is 19.6 Å². The van der Waals surface area contributed by atoms with E-state index in [1.807, 2.05) is 4.90 Å². The van der Waals surface area contributed by atoms with Gasteiger partial charge in [-0.25, -0.2) is 0 Å². The fraction of sp³-hybridized carbons (Fsp3) is 0.867. The summed E-state index contributed by atoms with van der Waals surface area (Å²) in [6, 6.07) is 0.0381. The van der Waals surface area contributed by atoms with Crippen LogP contribution in [0, 0.1) is 0 Å². The second-order valence-electron chi connectivity index (χ2n) is 5.95. The molecule has 2 fully saturated rings. The van der Waals surface area contributed by atoms with Crippen LogP contribution in [-0.2, 0) is 9.59 Å². The van der Waals surface area contributed by atoms with E-state index in [1.54, 1.807) is 0 Å².